The van der Waals surface area contributed by atoms with Gasteiger partial charge in [-0.1, -0.05) is 42.5 Å². The largest absolute Gasteiger partial charge is 0.491 e. The van der Waals surface area contributed by atoms with E-state index in [1.807, 2.05) is 30.3 Å². The first-order chi connectivity index (χ1) is 22.2. The molecule has 3 aromatic carbocycles. The van der Waals surface area contributed by atoms with Crippen LogP contribution in [0.25, 0.3) is 0 Å². The van der Waals surface area contributed by atoms with Gasteiger partial charge in [-0.05, 0) is 71.1 Å². The highest BCUT2D eigenvalue weighted by Gasteiger charge is 2.42. The van der Waals surface area contributed by atoms with E-state index in [2.05, 4.69) is 10.6 Å². The third kappa shape index (κ3) is 6.85. The van der Waals surface area contributed by atoms with Crippen molar-refractivity contribution in [3.05, 3.63) is 94.5 Å². The summed E-state index contributed by atoms with van der Waals surface area (Å²) in [4.78, 5) is 54.0. The second-order valence-electron chi connectivity index (χ2n) is 11.9. The summed E-state index contributed by atoms with van der Waals surface area (Å²) in [6.07, 6.45) is 0.718. The zero-order valence-corrected chi connectivity index (χ0v) is 24.9. The minimum absolute atomic E-state index is 0.0170. The fraction of sp³-hybridized carbons (Fsp3) is 0.312. The highest BCUT2D eigenvalue weighted by molar-refractivity contribution is 6.62. The van der Waals surface area contributed by atoms with E-state index in [1.54, 1.807) is 36.4 Å². The molecule has 0 aliphatic carbocycles. The lowest BCUT2D eigenvalue weighted by Gasteiger charge is -2.26. The van der Waals surface area contributed by atoms with Gasteiger partial charge in [0.05, 0.1) is 19.6 Å². The molecule has 6 rings (SSSR count). The second-order valence-corrected chi connectivity index (χ2v) is 11.9. The summed E-state index contributed by atoms with van der Waals surface area (Å²) in [6.45, 7) is 0.478. The number of hydrogen-bond acceptors (Lipinski definition) is 8. The van der Waals surface area contributed by atoms with Gasteiger partial charge in [-0.25, -0.2) is 0 Å². The molecule has 3 atom stereocenters. The number of carbonyl (C=O) groups is 4. The molecule has 3 aliphatic heterocycles. The predicted octanol–water partition coefficient (Wildman–Crippen LogP) is -0.273. The van der Waals surface area contributed by atoms with Crippen molar-refractivity contribution in [1.82, 2.24) is 15.5 Å². The fourth-order valence-electron chi connectivity index (χ4n) is 6.27. The number of likely N-dealkylation sites (tertiary alicyclic amines) is 1. The molecule has 14 heteroatoms. The summed E-state index contributed by atoms with van der Waals surface area (Å²) in [5.41, 5.74) is 4.06. The number of aliphatic carboxylic acids is 1. The number of aryl methyl sites for hydroxylation is 1. The molecule has 0 aromatic heterocycles. The number of rotatable bonds is 10. The molecule has 0 spiro atoms. The van der Waals surface area contributed by atoms with E-state index in [0.29, 0.717) is 29.3 Å². The molecular weight excluding hydrogens is 592 g/mol. The normalized spacial score (nSPS) is 19.0. The third-order valence-electron chi connectivity index (χ3n) is 8.72. The van der Waals surface area contributed by atoms with Crippen LogP contribution in [0.15, 0.2) is 66.7 Å². The molecule has 0 bridgehead atoms. The van der Waals surface area contributed by atoms with Crippen molar-refractivity contribution in [1.29, 1.82) is 0 Å². The first-order valence-electron chi connectivity index (χ1n) is 15.2. The molecule has 0 unspecified atom stereocenters. The minimum Gasteiger partial charge on any atom is -0.481 e. The number of carbonyl (C=O) groups excluding carboxylic acids is 3. The number of amides is 3. The Morgan fingerprint density at radius 3 is 2.17 bits per heavy atom. The predicted molar refractivity (Wildman–Crippen MR) is 167 cm³/mol. The standard InChI is InChI=1S/C32H33B2N3O9/c38-29(39)15-24(11-6-19-4-2-1-3-5-19)35-31(41)28-14-25(36-30(40)20-7-9-22-17-45-33(43)26(22)12-20)16-37(28)32(42)21-8-10-23-18-46-34(44)27(23)13-21/h1-5,7-10,12-13,24-25,28,43-44H,6,11,14-18H2,(H,35,41)(H,36,40)(H,38,39)/t24-,25+,28-/m0/s1. The zero-order chi connectivity index (χ0) is 32.4. The highest BCUT2D eigenvalue weighted by Crippen LogP contribution is 2.24. The van der Waals surface area contributed by atoms with Crippen molar-refractivity contribution >= 4 is 48.9 Å². The van der Waals surface area contributed by atoms with E-state index in [4.69, 9.17) is 9.31 Å². The summed E-state index contributed by atoms with van der Waals surface area (Å²) in [5.74, 6) is -2.50. The lowest BCUT2D eigenvalue weighted by Crippen LogP contribution is -2.49. The molecule has 236 valence electrons. The maximum Gasteiger partial charge on any atom is 0.491 e. The van der Waals surface area contributed by atoms with Crippen LogP contribution in [0.4, 0.5) is 0 Å². The number of carboxylic acids is 1. The number of hydrogen-bond donors (Lipinski definition) is 5. The average molecular weight is 625 g/mol. The number of nitrogens with zero attached hydrogens (tertiary/aromatic N) is 1. The molecule has 0 radical (unpaired) electrons. The van der Waals surface area contributed by atoms with Crippen LogP contribution in [-0.2, 0) is 38.5 Å². The van der Waals surface area contributed by atoms with Crippen molar-refractivity contribution in [3.8, 4) is 0 Å². The average Bonchev–Trinajstić information content (AvgIpc) is 3.76. The van der Waals surface area contributed by atoms with Gasteiger partial charge in [0.2, 0.25) is 5.91 Å². The highest BCUT2D eigenvalue weighted by atomic mass is 16.5. The summed E-state index contributed by atoms with van der Waals surface area (Å²) in [6, 6.07) is 17.0. The maximum atomic E-state index is 13.9. The Morgan fingerprint density at radius 2 is 1.52 bits per heavy atom. The first-order valence-corrected chi connectivity index (χ1v) is 15.2. The van der Waals surface area contributed by atoms with Gasteiger partial charge in [-0.15, -0.1) is 0 Å². The van der Waals surface area contributed by atoms with Crippen LogP contribution >= 0.6 is 0 Å². The van der Waals surface area contributed by atoms with Crippen LogP contribution in [0.2, 0.25) is 0 Å². The summed E-state index contributed by atoms with van der Waals surface area (Å²) in [5, 5.41) is 35.6. The van der Waals surface area contributed by atoms with Gasteiger partial charge >= 0.3 is 20.2 Å². The van der Waals surface area contributed by atoms with Crippen molar-refractivity contribution < 1.29 is 43.6 Å². The molecule has 0 saturated carbocycles. The van der Waals surface area contributed by atoms with E-state index in [0.717, 1.165) is 16.7 Å². The van der Waals surface area contributed by atoms with Gasteiger partial charge in [-0.3, -0.25) is 19.2 Å². The first kappa shape index (κ1) is 31.5. The van der Waals surface area contributed by atoms with E-state index < -0.39 is 56.1 Å². The fourth-order valence-corrected chi connectivity index (χ4v) is 6.27. The Hall–Kier alpha value is -4.49. The topological polar surface area (TPSA) is 175 Å². The van der Waals surface area contributed by atoms with Crippen molar-refractivity contribution in [2.75, 3.05) is 6.54 Å². The SMILES string of the molecule is O=C(O)C[C@H](CCc1ccccc1)NC(=O)[C@@H]1C[C@@H](NC(=O)c2ccc3c(c2)B(O)OC3)CN1C(=O)c1ccc2c(c1)B(O)OC2. The Labute approximate surface area is 266 Å². The minimum atomic E-state index is -1.16. The molecular formula is C32H33B2N3O9. The van der Waals surface area contributed by atoms with Gasteiger partial charge in [0.1, 0.15) is 6.04 Å². The van der Waals surface area contributed by atoms with Crippen LogP contribution in [0.5, 0.6) is 0 Å². The van der Waals surface area contributed by atoms with Crippen LogP contribution in [0.1, 0.15) is 56.7 Å². The van der Waals surface area contributed by atoms with Crippen LogP contribution in [-0.4, -0.2) is 82.7 Å². The molecule has 5 N–H and O–H groups in total. The molecule has 1 saturated heterocycles. The lowest BCUT2D eigenvalue weighted by atomic mass is 9.78. The molecule has 3 aliphatic rings. The molecule has 3 amide bonds. The van der Waals surface area contributed by atoms with Crippen molar-refractivity contribution in [3.63, 3.8) is 0 Å². The quantitative estimate of drug-likeness (QED) is 0.190. The van der Waals surface area contributed by atoms with Gasteiger partial charge in [0.15, 0.2) is 0 Å². The van der Waals surface area contributed by atoms with Crippen molar-refractivity contribution in [2.45, 2.75) is 57.0 Å². The van der Waals surface area contributed by atoms with E-state index in [1.165, 1.54) is 4.90 Å². The molecule has 3 aromatic rings. The monoisotopic (exact) mass is 625 g/mol. The second kappa shape index (κ2) is 13.5. The van der Waals surface area contributed by atoms with Crippen LogP contribution in [0, 0.1) is 0 Å². The van der Waals surface area contributed by atoms with E-state index in [9.17, 15) is 34.3 Å². The number of benzene rings is 3. The summed E-state index contributed by atoms with van der Waals surface area (Å²) >= 11 is 0. The van der Waals surface area contributed by atoms with E-state index >= 15 is 0 Å². The molecule has 46 heavy (non-hydrogen) atoms. The smallest absolute Gasteiger partial charge is 0.481 e. The van der Waals surface area contributed by atoms with E-state index in [-0.39, 0.29) is 38.2 Å². The number of carboxylic acid groups (broad SMARTS) is 1. The summed E-state index contributed by atoms with van der Waals surface area (Å²) in [7, 11) is -2.28. The number of nitrogens with one attached hydrogen (secondary N) is 2. The Kier molecular flexibility index (Phi) is 9.22. The van der Waals surface area contributed by atoms with Crippen LogP contribution < -0.4 is 21.6 Å². The number of fused-ring (bicyclic) bond motifs is 2. The molecule has 3 heterocycles. The van der Waals surface area contributed by atoms with Crippen LogP contribution in [0.3, 0.4) is 0 Å². The molecule has 12 nitrogen and oxygen atoms in total. The lowest BCUT2D eigenvalue weighted by molar-refractivity contribution is -0.138. The Morgan fingerprint density at radius 1 is 0.891 bits per heavy atom. The Balaban J connectivity index is 1.21. The Bertz CT molecular complexity index is 1660. The van der Waals surface area contributed by atoms with Gasteiger partial charge in [0, 0.05) is 29.8 Å². The van der Waals surface area contributed by atoms with Gasteiger partial charge in [-0.2, -0.15) is 0 Å². The van der Waals surface area contributed by atoms with Gasteiger partial charge in [0.25, 0.3) is 11.8 Å². The molecule has 1 fully saturated rings. The maximum absolute atomic E-state index is 13.9. The van der Waals surface area contributed by atoms with Gasteiger partial charge < -0.3 is 40.0 Å². The zero-order valence-electron chi connectivity index (χ0n) is 24.9. The third-order valence-corrected chi connectivity index (χ3v) is 8.72. The van der Waals surface area contributed by atoms with Crippen molar-refractivity contribution in [2.24, 2.45) is 0 Å². The summed E-state index contributed by atoms with van der Waals surface area (Å²) < 4.78 is 10.5.